The second kappa shape index (κ2) is 9.20. The molecule has 0 saturated carbocycles. The number of likely N-dealkylation sites (tertiary alicyclic amines) is 1. The summed E-state index contributed by atoms with van der Waals surface area (Å²) in [6, 6.07) is 13.1. The van der Waals surface area contributed by atoms with Gasteiger partial charge in [-0.05, 0) is 48.4 Å². The van der Waals surface area contributed by atoms with Crippen molar-refractivity contribution in [2.24, 2.45) is 0 Å². The first-order valence-corrected chi connectivity index (χ1v) is 10.2. The molecule has 1 fully saturated rings. The molecule has 1 amide bonds. The Morgan fingerprint density at radius 2 is 1.70 bits per heavy atom. The molecule has 1 N–H and O–H groups in total. The third kappa shape index (κ3) is 4.07. The summed E-state index contributed by atoms with van der Waals surface area (Å²) in [6.07, 6.45) is 1.81. The van der Waals surface area contributed by atoms with E-state index >= 15 is 0 Å². The Morgan fingerprint density at radius 1 is 1.03 bits per heavy atom. The number of halogens is 1. The zero-order valence-corrected chi connectivity index (χ0v) is 18.1. The van der Waals surface area contributed by atoms with Gasteiger partial charge >= 0.3 is 0 Å². The summed E-state index contributed by atoms with van der Waals surface area (Å²) >= 11 is 0. The van der Waals surface area contributed by atoms with Gasteiger partial charge in [0.25, 0.3) is 11.7 Å². The summed E-state index contributed by atoms with van der Waals surface area (Å²) in [5.74, 6) is -1.52. The number of Topliss-reactive ketones (excluding diaryl/α,β-unsaturated/α-hetero) is 1. The lowest BCUT2D eigenvalue weighted by atomic mass is 9.98. The first kappa shape index (κ1) is 22.1. The summed E-state index contributed by atoms with van der Waals surface area (Å²) in [6.45, 7) is 0.154. The molecule has 0 spiro atoms. The molecule has 1 aliphatic heterocycles. The summed E-state index contributed by atoms with van der Waals surface area (Å²) in [5.41, 5.74) is 0.829. The molecule has 33 heavy (non-hydrogen) atoms. The van der Waals surface area contributed by atoms with Gasteiger partial charge in [0.1, 0.15) is 40.4 Å². The standard InChI is InChI=1S/C25H22FNO6/c1-31-17-5-3-6-18(32-2)20(17)23(28)21-22(19-7-4-14-33-19)27(25(30)24(21)29)13-12-15-8-10-16(26)11-9-15/h3-11,14,22,28H,12-13H2,1-2H3/b23-21+. The molecule has 4 rings (SSSR count). The fraction of sp³-hybridized carbons (Fsp3) is 0.200. The molecule has 1 aliphatic rings. The smallest absolute Gasteiger partial charge is 0.295 e. The fourth-order valence-corrected chi connectivity index (χ4v) is 3.97. The van der Waals surface area contributed by atoms with Gasteiger partial charge in [-0.25, -0.2) is 4.39 Å². The Kier molecular flexibility index (Phi) is 6.17. The number of hydrogen-bond acceptors (Lipinski definition) is 6. The second-order valence-corrected chi connectivity index (χ2v) is 7.42. The Morgan fingerprint density at radius 3 is 2.27 bits per heavy atom. The van der Waals surface area contributed by atoms with Crippen LogP contribution in [0.2, 0.25) is 0 Å². The van der Waals surface area contributed by atoms with Gasteiger partial charge in [-0.3, -0.25) is 9.59 Å². The Labute approximate surface area is 189 Å². The second-order valence-electron chi connectivity index (χ2n) is 7.42. The lowest BCUT2D eigenvalue weighted by molar-refractivity contribution is -0.140. The summed E-state index contributed by atoms with van der Waals surface area (Å²) in [5, 5.41) is 11.3. The minimum atomic E-state index is -0.949. The number of aliphatic hydroxyl groups is 1. The Hall–Kier alpha value is -4.07. The van der Waals surface area contributed by atoms with E-state index in [1.54, 1.807) is 42.5 Å². The average molecular weight is 451 g/mol. The third-order valence-electron chi connectivity index (χ3n) is 5.57. The molecule has 2 heterocycles. The molecule has 1 saturated heterocycles. The quantitative estimate of drug-likeness (QED) is 0.331. The SMILES string of the molecule is COc1cccc(OC)c1/C(O)=C1\C(=O)C(=O)N(CCc2ccc(F)cc2)C1c1ccco1. The summed E-state index contributed by atoms with van der Waals surface area (Å²) < 4.78 is 29.5. The van der Waals surface area contributed by atoms with E-state index in [1.807, 2.05) is 0 Å². The minimum absolute atomic E-state index is 0.128. The number of carbonyl (C=O) groups excluding carboxylic acids is 2. The number of amides is 1. The van der Waals surface area contributed by atoms with Crippen molar-refractivity contribution in [1.29, 1.82) is 0 Å². The zero-order chi connectivity index (χ0) is 23.5. The molecular formula is C25H22FNO6. The van der Waals surface area contributed by atoms with E-state index in [0.29, 0.717) is 12.2 Å². The molecule has 0 bridgehead atoms. The van der Waals surface area contributed by atoms with Gasteiger partial charge in [-0.2, -0.15) is 0 Å². The first-order chi connectivity index (χ1) is 16.0. The van der Waals surface area contributed by atoms with Crippen LogP contribution in [0.15, 0.2) is 70.9 Å². The van der Waals surface area contributed by atoms with E-state index in [1.165, 1.54) is 37.5 Å². The summed E-state index contributed by atoms with van der Waals surface area (Å²) in [4.78, 5) is 27.5. The van der Waals surface area contributed by atoms with Crippen LogP contribution in [0.25, 0.3) is 5.76 Å². The number of methoxy groups -OCH3 is 2. The monoisotopic (exact) mass is 451 g/mol. The number of furan rings is 1. The van der Waals surface area contributed by atoms with Crippen LogP contribution in [-0.2, 0) is 16.0 Å². The largest absolute Gasteiger partial charge is 0.506 e. The van der Waals surface area contributed by atoms with Crippen LogP contribution in [0.4, 0.5) is 4.39 Å². The molecule has 3 aromatic rings. The van der Waals surface area contributed by atoms with E-state index in [9.17, 15) is 19.1 Å². The third-order valence-corrected chi connectivity index (χ3v) is 5.57. The van der Waals surface area contributed by atoms with Crippen molar-refractivity contribution in [2.45, 2.75) is 12.5 Å². The highest BCUT2D eigenvalue weighted by Gasteiger charge is 2.47. The predicted octanol–water partition coefficient (Wildman–Crippen LogP) is 4.10. The molecule has 2 aromatic carbocycles. The van der Waals surface area contributed by atoms with E-state index in [4.69, 9.17) is 13.9 Å². The molecule has 170 valence electrons. The van der Waals surface area contributed by atoms with Crippen molar-refractivity contribution < 1.29 is 33.0 Å². The van der Waals surface area contributed by atoms with Crippen molar-refractivity contribution in [3.8, 4) is 11.5 Å². The predicted molar refractivity (Wildman–Crippen MR) is 117 cm³/mol. The van der Waals surface area contributed by atoms with Crippen LogP contribution in [0.3, 0.4) is 0 Å². The van der Waals surface area contributed by atoms with E-state index in [0.717, 1.165) is 5.56 Å². The maximum Gasteiger partial charge on any atom is 0.295 e. The van der Waals surface area contributed by atoms with Gasteiger partial charge in [-0.15, -0.1) is 0 Å². The van der Waals surface area contributed by atoms with Crippen molar-refractivity contribution in [2.75, 3.05) is 20.8 Å². The molecular weight excluding hydrogens is 429 g/mol. The molecule has 0 radical (unpaired) electrons. The number of ketones is 1. The lowest BCUT2D eigenvalue weighted by Crippen LogP contribution is -2.31. The van der Waals surface area contributed by atoms with Crippen LogP contribution in [0.5, 0.6) is 11.5 Å². The Bertz CT molecular complexity index is 1180. The van der Waals surface area contributed by atoms with Crippen LogP contribution in [0, 0.1) is 5.82 Å². The molecule has 8 heteroatoms. The van der Waals surface area contributed by atoms with Crippen molar-refractivity contribution >= 4 is 17.4 Å². The summed E-state index contributed by atoms with van der Waals surface area (Å²) in [7, 11) is 2.85. The van der Waals surface area contributed by atoms with E-state index < -0.39 is 23.5 Å². The van der Waals surface area contributed by atoms with Gasteiger partial charge in [0.05, 0.1) is 26.1 Å². The first-order valence-electron chi connectivity index (χ1n) is 10.2. The maximum absolute atomic E-state index is 13.2. The van der Waals surface area contributed by atoms with Crippen LogP contribution < -0.4 is 9.47 Å². The molecule has 1 atom stereocenters. The molecule has 1 aromatic heterocycles. The van der Waals surface area contributed by atoms with E-state index in [-0.39, 0.29) is 35.0 Å². The van der Waals surface area contributed by atoms with Gasteiger partial charge in [-0.1, -0.05) is 18.2 Å². The molecule has 1 unspecified atom stereocenters. The van der Waals surface area contributed by atoms with Gasteiger partial charge < -0.3 is 23.9 Å². The maximum atomic E-state index is 13.2. The minimum Gasteiger partial charge on any atom is -0.506 e. The average Bonchev–Trinajstić information content (AvgIpc) is 3.45. The number of carbonyl (C=O) groups is 2. The number of ether oxygens (including phenoxy) is 2. The van der Waals surface area contributed by atoms with Crippen LogP contribution >= 0.6 is 0 Å². The van der Waals surface area contributed by atoms with Crippen molar-refractivity contribution in [3.05, 3.63) is 89.1 Å². The number of nitrogens with zero attached hydrogens (tertiary/aromatic N) is 1. The van der Waals surface area contributed by atoms with Crippen LogP contribution in [-0.4, -0.2) is 42.5 Å². The fourth-order valence-electron chi connectivity index (χ4n) is 3.97. The van der Waals surface area contributed by atoms with Gasteiger partial charge in [0, 0.05) is 6.54 Å². The number of rotatable bonds is 7. The number of hydrogen-bond donors (Lipinski definition) is 1. The highest BCUT2D eigenvalue weighted by atomic mass is 19.1. The zero-order valence-electron chi connectivity index (χ0n) is 18.1. The molecule has 7 nitrogen and oxygen atoms in total. The number of benzene rings is 2. The van der Waals surface area contributed by atoms with Crippen molar-refractivity contribution in [1.82, 2.24) is 4.90 Å². The normalized spacial score (nSPS) is 17.4. The molecule has 0 aliphatic carbocycles. The lowest BCUT2D eigenvalue weighted by Gasteiger charge is -2.23. The van der Waals surface area contributed by atoms with Crippen molar-refractivity contribution in [3.63, 3.8) is 0 Å². The van der Waals surface area contributed by atoms with Gasteiger partial charge in [0.2, 0.25) is 0 Å². The van der Waals surface area contributed by atoms with Gasteiger partial charge in [0.15, 0.2) is 0 Å². The highest BCUT2D eigenvalue weighted by Crippen LogP contribution is 2.43. The van der Waals surface area contributed by atoms with Crippen LogP contribution in [0.1, 0.15) is 22.9 Å². The van der Waals surface area contributed by atoms with E-state index in [2.05, 4.69) is 0 Å². The highest BCUT2D eigenvalue weighted by molar-refractivity contribution is 6.46. The number of aliphatic hydroxyl groups excluding tert-OH is 1. The topological polar surface area (TPSA) is 89.2 Å². The Balaban J connectivity index is 1.80.